The summed E-state index contributed by atoms with van der Waals surface area (Å²) in [5.41, 5.74) is 6.18. The minimum Gasteiger partial charge on any atom is -0.278 e. The molecule has 0 saturated heterocycles. The zero-order valence-corrected chi connectivity index (χ0v) is 25.6. The second kappa shape index (κ2) is 9.57. The first-order valence-corrected chi connectivity index (χ1v) is 16.6. The van der Waals surface area contributed by atoms with Crippen molar-refractivity contribution in [2.45, 2.75) is 0 Å². The number of thiophene rings is 2. The van der Waals surface area contributed by atoms with Crippen LogP contribution in [0.1, 0.15) is 0 Å². The van der Waals surface area contributed by atoms with E-state index in [1.54, 1.807) is 0 Å². The molecule has 0 saturated carbocycles. The summed E-state index contributed by atoms with van der Waals surface area (Å²) in [6, 6.07) is 49.6. The minimum atomic E-state index is 0.676. The van der Waals surface area contributed by atoms with E-state index in [2.05, 4.69) is 132 Å². The third-order valence-corrected chi connectivity index (χ3v) is 11.2. The molecule has 0 amide bonds. The number of benzene rings is 6. The molecular weight excluding hydrogens is 587 g/mol. The predicted octanol–water partition coefficient (Wildman–Crippen LogP) is 11.6. The van der Waals surface area contributed by atoms with Crippen LogP contribution in [0.2, 0.25) is 0 Å². The maximum absolute atomic E-state index is 5.28. The molecule has 0 fully saturated rings. The molecule has 45 heavy (non-hydrogen) atoms. The Hall–Kier alpha value is -5.36. The lowest BCUT2D eigenvalue weighted by Crippen LogP contribution is -2.03. The van der Waals surface area contributed by atoms with Gasteiger partial charge in [-0.25, -0.2) is 9.97 Å². The predicted molar refractivity (Wildman–Crippen MR) is 193 cm³/mol. The summed E-state index contributed by atoms with van der Waals surface area (Å²) in [6.07, 6.45) is 0. The summed E-state index contributed by atoms with van der Waals surface area (Å²) in [4.78, 5) is 10.6. The van der Waals surface area contributed by atoms with Crippen molar-refractivity contribution < 1.29 is 0 Å². The largest absolute Gasteiger partial charge is 0.278 e. The van der Waals surface area contributed by atoms with Gasteiger partial charge < -0.3 is 0 Å². The molecule has 0 atom stereocenters. The molecule has 4 heterocycles. The Morgan fingerprint density at radius 3 is 1.71 bits per heavy atom. The first kappa shape index (κ1) is 25.0. The third kappa shape index (κ3) is 3.69. The van der Waals surface area contributed by atoms with Crippen LogP contribution in [0.5, 0.6) is 0 Å². The van der Waals surface area contributed by atoms with Crippen molar-refractivity contribution in [3.63, 3.8) is 0 Å². The summed E-state index contributed by atoms with van der Waals surface area (Å²) in [7, 11) is 0. The quantitative estimate of drug-likeness (QED) is 0.199. The molecule has 10 aromatic rings. The lowest BCUT2D eigenvalue weighted by atomic mass is 10.0. The van der Waals surface area contributed by atoms with Gasteiger partial charge in [-0.2, -0.15) is 0 Å². The Labute approximate surface area is 266 Å². The topological polar surface area (TPSA) is 30.7 Å². The van der Waals surface area contributed by atoms with E-state index in [9.17, 15) is 0 Å². The van der Waals surface area contributed by atoms with Gasteiger partial charge in [0.05, 0.1) is 22.4 Å². The Kier molecular flexibility index (Phi) is 5.32. The van der Waals surface area contributed by atoms with Crippen molar-refractivity contribution in [3.05, 3.63) is 140 Å². The molecule has 0 radical (unpaired) electrons. The van der Waals surface area contributed by atoms with Crippen molar-refractivity contribution in [1.29, 1.82) is 0 Å². The average molecular weight is 610 g/mol. The fourth-order valence-corrected chi connectivity index (χ4v) is 9.21. The van der Waals surface area contributed by atoms with Gasteiger partial charge in [-0.1, -0.05) is 103 Å². The van der Waals surface area contributed by atoms with Crippen LogP contribution in [0.4, 0.5) is 0 Å². The Morgan fingerprint density at radius 1 is 0.422 bits per heavy atom. The van der Waals surface area contributed by atoms with Gasteiger partial charge >= 0.3 is 0 Å². The van der Waals surface area contributed by atoms with E-state index >= 15 is 0 Å². The summed E-state index contributed by atoms with van der Waals surface area (Å²) in [5, 5.41) is 7.74. The number of hydrogen-bond donors (Lipinski definition) is 0. The molecule has 0 N–H and O–H groups in total. The lowest BCUT2D eigenvalue weighted by Gasteiger charge is -2.12. The monoisotopic (exact) mass is 609 g/mol. The molecule has 0 spiro atoms. The maximum Gasteiger partial charge on any atom is 0.235 e. The van der Waals surface area contributed by atoms with Gasteiger partial charge in [-0.15, -0.1) is 22.7 Å². The zero-order valence-electron chi connectivity index (χ0n) is 23.9. The van der Waals surface area contributed by atoms with Gasteiger partial charge in [0.15, 0.2) is 0 Å². The summed E-state index contributed by atoms with van der Waals surface area (Å²) in [6.45, 7) is 0. The van der Waals surface area contributed by atoms with Crippen molar-refractivity contribution in [2.24, 2.45) is 0 Å². The second-order valence-corrected chi connectivity index (χ2v) is 13.5. The van der Waals surface area contributed by atoms with E-state index in [1.165, 1.54) is 51.1 Å². The zero-order chi connectivity index (χ0) is 29.5. The van der Waals surface area contributed by atoms with Crippen LogP contribution in [-0.2, 0) is 0 Å². The van der Waals surface area contributed by atoms with Gasteiger partial charge in [0, 0.05) is 62.2 Å². The van der Waals surface area contributed by atoms with Gasteiger partial charge in [-0.3, -0.25) is 4.57 Å². The second-order valence-electron chi connectivity index (χ2n) is 11.4. The molecule has 0 aliphatic heterocycles. The van der Waals surface area contributed by atoms with E-state index in [0.29, 0.717) is 5.95 Å². The molecule has 0 unspecified atom stereocenters. The van der Waals surface area contributed by atoms with Crippen LogP contribution in [0.3, 0.4) is 0 Å². The molecule has 0 aliphatic carbocycles. The Bertz CT molecular complexity index is 2700. The van der Waals surface area contributed by atoms with Gasteiger partial charge in [0.25, 0.3) is 0 Å². The molecule has 0 aliphatic rings. The first-order valence-electron chi connectivity index (χ1n) is 15.0. The van der Waals surface area contributed by atoms with Gasteiger partial charge in [0.2, 0.25) is 5.95 Å². The van der Waals surface area contributed by atoms with Crippen LogP contribution in [0.15, 0.2) is 140 Å². The standard InChI is InChI=1S/C40H23N3S2/c1-3-11-24(12-4-1)29-23-30(25-13-5-2-6-14-25)42-40(41-29)43-31-21-22-35-36(28-16-8-10-18-34(28)44-35)37(31)38-32(43)20-19-27-26-15-7-9-17-33(26)45-39(27)38/h1-23H. The lowest BCUT2D eigenvalue weighted by molar-refractivity contribution is 0.996. The van der Waals surface area contributed by atoms with Crippen molar-refractivity contribution >= 4 is 84.8 Å². The van der Waals surface area contributed by atoms with Gasteiger partial charge in [0.1, 0.15) is 0 Å². The number of hydrogen-bond acceptors (Lipinski definition) is 4. The van der Waals surface area contributed by atoms with Crippen LogP contribution >= 0.6 is 22.7 Å². The first-order chi connectivity index (χ1) is 22.3. The normalized spacial score (nSPS) is 12.0. The number of rotatable bonds is 3. The highest BCUT2D eigenvalue weighted by Crippen LogP contribution is 2.48. The molecule has 3 nitrogen and oxygen atoms in total. The smallest absolute Gasteiger partial charge is 0.235 e. The van der Waals surface area contributed by atoms with E-state index in [4.69, 9.17) is 9.97 Å². The summed E-state index contributed by atoms with van der Waals surface area (Å²) >= 11 is 3.74. The fraction of sp³-hybridized carbons (Fsp3) is 0. The maximum atomic E-state index is 5.28. The highest BCUT2D eigenvalue weighted by atomic mass is 32.1. The summed E-state index contributed by atoms with van der Waals surface area (Å²) < 4.78 is 7.50. The molecule has 6 aromatic carbocycles. The van der Waals surface area contributed by atoms with Crippen LogP contribution in [0, 0.1) is 0 Å². The van der Waals surface area contributed by atoms with E-state index in [-0.39, 0.29) is 0 Å². The fourth-order valence-electron chi connectivity index (χ4n) is 6.84. The van der Waals surface area contributed by atoms with Gasteiger partial charge in [-0.05, 0) is 36.4 Å². The molecule has 10 rings (SSSR count). The Morgan fingerprint density at radius 2 is 1.00 bits per heavy atom. The minimum absolute atomic E-state index is 0.676. The van der Waals surface area contributed by atoms with Crippen LogP contribution in [0.25, 0.3) is 90.6 Å². The number of nitrogens with zero attached hydrogens (tertiary/aromatic N) is 3. The van der Waals surface area contributed by atoms with E-state index in [1.807, 2.05) is 34.8 Å². The van der Waals surface area contributed by atoms with Crippen LogP contribution < -0.4 is 0 Å². The van der Waals surface area contributed by atoms with E-state index in [0.717, 1.165) is 33.5 Å². The highest BCUT2D eigenvalue weighted by molar-refractivity contribution is 7.27. The number of aromatic nitrogens is 3. The Balaban J connectivity index is 1.40. The summed E-state index contributed by atoms with van der Waals surface area (Å²) in [5.74, 6) is 0.676. The SMILES string of the molecule is c1ccc(-c2cc(-c3ccccc3)nc(-n3c4ccc5c6ccccc6sc5c4c4c5c(ccc43)sc3ccccc35)n2)cc1. The average Bonchev–Trinajstić information content (AvgIpc) is 3.78. The highest BCUT2D eigenvalue weighted by Gasteiger charge is 2.23. The molecule has 0 bridgehead atoms. The third-order valence-electron chi connectivity index (χ3n) is 8.83. The van der Waals surface area contributed by atoms with Crippen molar-refractivity contribution in [2.75, 3.05) is 0 Å². The molecule has 210 valence electrons. The molecular formula is C40H23N3S2. The molecule has 4 aromatic heterocycles. The number of fused-ring (bicyclic) bond motifs is 11. The molecule has 5 heteroatoms. The van der Waals surface area contributed by atoms with Crippen LogP contribution in [-0.4, -0.2) is 14.5 Å². The van der Waals surface area contributed by atoms with E-state index < -0.39 is 0 Å². The van der Waals surface area contributed by atoms with Crippen molar-refractivity contribution in [1.82, 2.24) is 14.5 Å². The van der Waals surface area contributed by atoms with Crippen molar-refractivity contribution in [3.8, 4) is 28.5 Å².